The average Bonchev–Trinajstić information content (AvgIpc) is 2.71. The van der Waals surface area contributed by atoms with Crippen LogP contribution in [-0.4, -0.2) is 99.4 Å². The van der Waals surface area contributed by atoms with Gasteiger partial charge in [-0.05, 0) is 18.9 Å². The van der Waals surface area contributed by atoms with Crippen LogP contribution < -0.4 is 10.2 Å². The highest BCUT2D eigenvalue weighted by atomic mass is 32.2. The fourth-order valence-corrected chi connectivity index (χ4v) is 6.17. The summed E-state index contributed by atoms with van der Waals surface area (Å²) in [6.07, 6.45) is 4.66. The van der Waals surface area contributed by atoms with Gasteiger partial charge in [0.25, 0.3) is 0 Å². The molecule has 0 aliphatic carbocycles. The monoisotopic (exact) mass is 460 g/mol. The normalized spacial score (nSPS) is 22.1. The highest BCUT2D eigenvalue weighted by Crippen LogP contribution is 2.43. The first-order chi connectivity index (χ1) is 15.4. The zero-order valence-corrected chi connectivity index (χ0v) is 19.6. The number of rotatable bonds is 7. The Morgan fingerprint density at radius 3 is 2.62 bits per heavy atom. The number of aromatic nitrogens is 2. The molecule has 0 saturated carbocycles. The van der Waals surface area contributed by atoms with E-state index in [1.807, 2.05) is 6.20 Å². The van der Waals surface area contributed by atoms with Crippen LogP contribution in [0.15, 0.2) is 24.4 Å². The van der Waals surface area contributed by atoms with Crippen molar-refractivity contribution in [2.45, 2.75) is 18.9 Å². The van der Waals surface area contributed by atoms with Crippen LogP contribution in [0.5, 0.6) is 0 Å². The van der Waals surface area contributed by atoms with Crippen LogP contribution in [0.3, 0.4) is 0 Å². The van der Waals surface area contributed by atoms with Gasteiger partial charge in [-0.2, -0.15) is 0 Å². The topological polar surface area (TPSA) is 90.9 Å². The number of sulfonamides is 1. The van der Waals surface area contributed by atoms with Crippen molar-refractivity contribution < 1.29 is 13.2 Å². The number of hydrogen-bond donors (Lipinski definition) is 1. The van der Waals surface area contributed by atoms with E-state index in [2.05, 4.69) is 38.3 Å². The van der Waals surface area contributed by atoms with E-state index in [1.54, 1.807) is 11.4 Å². The van der Waals surface area contributed by atoms with Gasteiger partial charge in [0.2, 0.25) is 16.0 Å². The standard InChI is InChI=1S/C22H32N6O3S/c1-31-11-10-26-13-22(14-26)15-27(16-22)19-5-3-4-17-12-23-21(25-20(17)19)24-18-6-8-28(9-7-18)32(2,29)30/h3-5,12,18H,6-11,13-16H2,1-2H3,(H,23,24,25). The number of para-hydroxylation sites is 1. The molecular weight excluding hydrogens is 428 g/mol. The molecule has 10 heteroatoms. The van der Waals surface area contributed by atoms with Gasteiger partial charge in [0.15, 0.2) is 0 Å². The number of likely N-dealkylation sites (tertiary alicyclic amines) is 1. The number of hydrogen-bond acceptors (Lipinski definition) is 8. The lowest BCUT2D eigenvalue weighted by Crippen LogP contribution is -2.72. The van der Waals surface area contributed by atoms with Crippen LogP contribution in [0.2, 0.25) is 0 Å². The van der Waals surface area contributed by atoms with Crippen molar-refractivity contribution in [1.82, 2.24) is 19.2 Å². The first-order valence-electron chi connectivity index (χ1n) is 11.3. The molecule has 3 aliphatic heterocycles. The molecular formula is C22H32N6O3S. The summed E-state index contributed by atoms with van der Waals surface area (Å²) in [5.41, 5.74) is 2.56. The van der Waals surface area contributed by atoms with Gasteiger partial charge in [-0.25, -0.2) is 22.7 Å². The Balaban J connectivity index is 1.24. The highest BCUT2D eigenvalue weighted by molar-refractivity contribution is 7.88. The Labute approximate surface area is 189 Å². The molecule has 0 amide bonds. The molecule has 1 aromatic carbocycles. The Kier molecular flexibility index (Phi) is 5.73. The van der Waals surface area contributed by atoms with E-state index < -0.39 is 10.0 Å². The SMILES string of the molecule is COCCN1CC2(C1)CN(c1cccc3cnc(NC4CCN(S(C)(=O)=O)CC4)nc13)C2. The number of fused-ring (bicyclic) bond motifs is 1. The Morgan fingerprint density at radius 1 is 1.19 bits per heavy atom. The first kappa shape index (κ1) is 21.8. The molecule has 0 radical (unpaired) electrons. The van der Waals surface area contributed by atoms with Crippen molar-refractivity contribution in [1.29, 1.82) is 0 Å². The third-order valence-corrected chi connectivity index (χ3v) is 8.27. The van der Waals surface area contributed by atoms with Gasteiger partial charge in [-0.15, -0.1) is 0 Å². The summed E-state index contributed by atoms with van der Waals surface area (Å²) in [7, 11) is -1.36. The van der Waals surface area contributed by atoms with Crippen molar-refractivity contribution in [3.8, 4) is 0 Å². The van der Waals surface area contributed by atoms with Gasteiger partial charge < -0.3 is 15.0 Å². The third kappa shape index (κ3) is 4.28. The maximum Gasteiger partial charge on any atom is 0.223 e. The molecule has 1 N–H and O–H groups in total. The summed E-state index contributed by atoms with van der Waals surface area (Å²) in [6.45, 7) is 7.29. The Bertz CT molecular complexity index is 1070. The zero-order chi connectivity index (χ0) is 22.3. The second-order valence-electron chi connectivity index (χ2n) is 9.55. The molecule has 9 nitrogen and oxygen atoms in total. The molecule has 5 rings (SSSR count). The minimum Gasteiger partial charge on any atom is -0.383 e. The van der Waals surface area contributed by atoms with Crippen LogP contribution in [0.1, 0.15) is 12.8 Å². The summed E-state index contributed by atoms with van der Waals surface area (Å²) in [6, 6.07) is 6.46. The number of piperidine rings is 1. The molecule has 174 valence electrons. The van der Waals surface area contributed by atoms with E-state index in [4.69, 9.17) is 9.72 Å². The predicted octanol–water partition coefficient (Wildman–Crippen LogP) is 1.23. The molecule has 0 atom stereocenters. The molecule has 3 fully saturated rings. The zero-order valence-electron chi connectivity index (χ0n) is 18.8. The van der Waals surface area contributed by atoms with Crippen LogP contribution in [0.4, 0.5) is 11.6 Å². The van der Waals surface area contributed by atoms with E-state index in [1.165, 1.54) is 11.9 Å². The van der Waals surface area contributed by atoms with Crippen molar-refractivity contribution in [2.24, 2.45) is 5.41 Å². The van der Waals surface area contributed by atoms with E-state index in [9.17, 15) is 8.42 Å². The highest BCUT2D eigenvalue weighted by Gasteiger charge is 2.51. The van der Waals surface area contributed by atoms with Crippen molar-refractivity contribution in [2.75, 3.05) is 76.0 Å². The maximum atomic E-state index is 11.7. The number of methoxy groups -OCH3 is 1. The van der Waals surface area contributed by atoms with Gasteiger partial charge in [-0.1, -0.05) is 12.1 Å². The molecule has 32 heavy (non-hydrogen) atoms. The third-order valence-electron chi connectivity index (χ3n) is 6.97. The molecule has 3 aliphatic rings. The number of ether oxygens (including phenoxy) is 1. The second-order valence-corrected chi connectivity index (χ2v) is 11.5. The molecule has 3 saturated heterocycles. The fourth-order valence-electron chi connectivity index (χ4n) is 5.29. The number of benzene rings is 1. The van der Waals surface area contributed by atoms with E-state index >= 15 is 0 Å². The van der Waals surface area contributed by atoms with E-state index in [0.29, 0.717) is 24.5 Å². The second kappa shape index (κ2) is 8.40. The molecule has 0 bridgehead atoms. The molecule has 1 aromatic heterocycles. The lowest BCUT2D eigenvalue weighted by atomic mass is 9.72. The first-order valence-corrected chi connectivity index (χ1v) is 13.1. The van der Waals surface area contributed by atoms with Gasteiger partial charge in [0.05, 0.1) is 24.1 Å². The maximum absolute atomic E-state index is 11.7. The van der Waals surface area contributed by atoms with Crippen molar-refractivity contribution in [3.63, 3.8) is 0 Å². The largest absolute Gasteiger partial charge is 0.383 e. The lowest BCUT2D eigenvalue weighted by molar-refractivity contribution is -0.0326. The smallest absolute Gasteiger partial charge is 0.223 e. The number of nitrogens with one attached hydrogen (secondary N) is 1. The fraction of sp³-hybridized carbons (Fsp3) is 0.636. The quantitative estimate of drug-likeness (QED) is 0.660. The van der Waals surface area contributed by atoms with Gasteiger partial charge >= 0.3 is 0 Å². The summed E-state index contributed by atoms with van der Waals surface area (Å²) < 4.78 is 30.2. The van der Waals surface area contributed by atoms with Crippen LogP contribution in [0, 0.1) is 5.41 Å². The van der Waals surface area contributed by atoms with Gasteiger partial charge in [0.1, 0.15) is 0 Å². The van der Waals surface area contributed by atoms with Crippen LogP contribution in [-0.2, 0) is 14.8 Å². The van der Waals surface area contributed by atoms with Crippen LogP contribution in [0.25, 0.3) is 10.9 Å². The van der Waals surface area contributed by atoms with E-state index in [-0.39, 0.29) is 6.04 Å². The predicted molar refractivity (Wildman–Crippen MR) is 126 cm³/mol. The minimum atomic E-state index is -3.12. The van der Waals surface area contributed by atoms with Crippen molar-refractivity contribution >= 4 is 32.6 Å². The lowest BCUT2D eigenvalue weighted by Gasteiger charge is -2.61. The molecule has 2 aromatic rings. The Morgan fingerprint density at radius 2 is 1.94 bits per heavy atom. The minimum absolute atomic E-state index is 0.179. The van der Waals surface area contributed by atoms with Gasteiger partial charge in [-0.3, -0.25) is 4.90 Å². The number of anilines is 2. The molecule has 0 unspecified atom stereocenters. The Hall–Kier alpha value is -2.01. The molecule has 1 spiro atoms. The summed E-state index contributed by atoms with van der Waals surface area (Å²) in [4.78, 5) is 14.3. The van der Waals surface area contributed by atoms with Gasteiger partial charge in [0, 0.05) is 76.0 Å². The van der Waals surface area contributed by atoms with E-state index in [0.717, 1.165) is 63.1 Å². The molecule has 4 heterocycles. The van der Waals surface area contributed by atoms with Crippen molar-refractivity contribution in [3.05, 3.63) is 24.4 Å². The summed E-state index contributed by atoms with van der Waals surface area (Å²) >= 11 is 0. The number of nitrogens with zero attached hydrogens (tertiary/aromatic N) is 5. The average molecular weight is 461 g/mol. The summed E-state index contributed by atoms with van der Waals surface area (Å²) in [5, 5.41) is 4.47. The van der Waals surface area contributed by atoms with Crippen LogP contribution >= 0.6 is 0 Å². The summed E-state index contributed by atoms with van der Waals surface area (Å²) in [5.74, 6) is 0.618.